The number of fused-ring (bicyclic) bond motifs is 6. The van der Waals surface area contributed by atoms with Gasteiger partial charge in [0.2, 0.25) is 5.91 Å². The molecule has 6 bridgehead atoms. The van der Waals surface area contributed by atoms with Crippen molar-refractivity contribution >= 4 is 34.6 Å². The SMILES string of the molecule is CCc1ccncc1-c1c2c3cc(ccc3n1CC)-c1cc(O)cc(c1)C[C@H](NC(=O)[C@@H](CCCC1=NCCO1)C(C)C)C(=O)N1CCC[C@H](N1)C(=O)OCC(C)(C)C2. The first kappa shape index (κ1) is 41.9. The van der Waals surface area contributed by atoms with Crippen molar-refractivity contribution in [3.05, 3.63) is 71.5 Å². The highest BCUT2D eigenvalue weighted by Crippen LogP contribution is 2.41. The fraction of sp³-hybridized carbons (Fsp3) is 0.511. The van der Waals surface area contributed by atoms with Gasteiger partial charge < -0.3 is 24.5 Å². The van der Waals surface area contributed by atoms with Gasteiger partial charge in [-0.05, 0) is 110 Å². The molecule has 3 aliphatic heterocycles. The number of esters is 1. The van der Waals surface area contributed by atoms with Crippen molar-refractivity contribution in [1.82, 2.24) is 25.3 Å². The van der Waals surface area contributed by atoms with Crippen molar-refractivity contribution in [3.63, 3.8) is 0 Å². The zero-order chi connectivity index (χ0) is 41.8. The Kier molecular flexibility index (Phi) is 12.7. The zero-order valence-electron chi connectivity index (χ0n) is 35.5. The molecule has 1 fully saturated rings. The largest absolute Gasteiger partial charge is 0.508 e. The summed E-state index contributed by atoms with van der Waals surface area (Å²) >= 11 is 0. The van der Waals surface area contributed by atoms with E-state index in [4.69, 9.17) is 9.47 Å². The fourth-order valence-electron chi connectivity index (χ4n) is 9.01. The number of phenols is 1. The average Bonchev–Trinajstić information content (AvgIpc) is 3.85. The summed E-state index contributed by atoms with van der Waals surface area (Å²) in [6.45, 7) is 15.1. The van der Waals surface area contributed by atoms with E-state index in [9.17, 15) is 19.5 Å². The Labute approximate surface area is 347 Å². The van der Waals surface area contributed by atoms with Crippen molar-refractivity contribution in [2.75, 3.05) is 26.3 Å². The van der Waals surface area contributed by atoms with E-state index in [1.165, 1.54) is 10.6 Å². The van der Waals surface area contributed by atoms with Crippen molar-refractivity contribution in [3.8, 4) is 28.1 Å². The molecule has 2 aromatic carbocycles. The number of pyridine rings is 1. The molecule has 0 unspecified atom stereocenters. The Hall–Kier alpha value is -5.23. The number of rotatable bonds is 10. The van der Waals surface area contributed by atoms with Gasteiger partial charge in [0.1, 0.15) is 24.4 Å². The number of aryl methyl sites for hydroxylation is 2. The molecule has 0 saturated carbocycles. The molecule has 3 aliphatic rings. The maximum absolute atomic E-state index is 14.5. The summed E-state index contributed by atoms with van der Waals surface area (Å²) in [4.78, 5) is 51.4. The Morgan fingerprint density at radius 3 is 2.66 bits per heavy atom. The van der Waals surface area contributed by atoms with Crippen LogP contribution in [-0.4, -0.2) is 81.7 Å². The van der Waals surface area contributed by atoms with Crippen LogP contribution >= 0.6 is 0 Å². The van der Waals surface area contributed by atoms with Gasteiger partial charge in [0.25, 0.3) is 5.91 Å². The maximum Gasteiger partial charge on any atom is 0.324 e. The number of aliphatic imine (C=N–C) groups is 1. The number of hydrazine groups is 1. The van der Waals surface area contributed by atoms with Crippen LogP contribution in [-0.2, 0) is 49.7 Å². The minimum Gasteiger partial charge on any atom is -0.508 e. The lowest BCUT2D eigenvalue weighted by Gasteiger charge is -2.36. The second-order valence-electron chi connectivity index (χ2n) is 17.5. The van der Waals surface area contributed by atoms with E-state index < -0.39 is 23.5 Å². The number of hydrogen-bond acceptors (Lipinski definition) is 9. The van der Waals surface area contributed by atoms with E-state index in [1.54, 1.807) is 12.1 Å². The second kappa shape index (κ2) is 17.9. The van der Waals surface area contributed by atoms with Gasteiger partial charge in [0, 0.05) is 66.1 Å². The van der Waals surface area contributed by atoms with Crippen molar-refractivity contribution in [1.29, 1.82) is 0 Å². The third kappa shape index (κ3) is 9.33. The third-order valence-corrected chi connectivity index (χ3v) is 12.1. The molecule has 2 amide bonds. The molecule has 5 heterocycles. The number of nitrogens with zero attached hydrogens (tertiary/aromatic N) is 4. The number of nitrogens with one attached hydrogen (secondary N) is 2. The predicted molar refractivity (Wildman–Crippen MR) is 230 cm³/mol. The summed E-state index contributed by atoms with van der Waals surface area (Å²) in [7, 11) is 0. The van der Waals surface area contributed by atoms with Gasteiger partial charge in [-0.25, -0.2) is 5.43 Å². The van der Waals surface area contributed by atoms with E-state index in [0.717, 1.165) is 64.1 Å². The van der Waals surface area contributed by atoms with Crippen molar-refractivity contribution in [2.24, 2.45) is 22.2 Å². The minimum absolute atomic E-state index is 0.0224. The van der Waals surface area contributed by atoms with E-state index in [0.29, 0.717) is 57.4 Å². The first-order chi connectivity index (χ1) is 28.3. The van der Waals surface area contributed by atoms with Crippen molar-refractivity contribution < 1.29 is 29.0 Å². The number of amides is 2. The Balaban J connectivity index is 1.31. The Morgan fingerprint density at radius 1 is 1.08 bits per heavy atom. The number of phenolic OH excluding ortho intramolecular Hbond substituents is 1. The molecule has 0 radical (unpaired) electrons. The number of carbonyl (C=O) groups is 3. The fourth-order valence-corrected chi connectivity index (χ4v) is 9.01. The number of carbonyl (C=O) groups excluding carboxylic acids is 3. The molecule has 3 N–H and O–H groups in total. The first-order valence-electron chi connectivity index (χ1n) is 21.5. The van der Waals surface area contributed by atoms with E-state index in [1.807, 2.05) is 32.3 Å². The Morgan fingerprint density at radius 2 is 1.92 bits per heavy atom. The lowest BCUT2D eigenvalue weighted by molar-refractivity contribution is -0.155. The molecular weight excluding hydrogens is 745 g/mol. The van der Waals surface area contributed by atoms with Crippen LogP contribution in [0, 0.1) is 17.3 Å². The van der Waals surface area contributed by atoms with Gasteiger partial charge in [-0.2, -0.15) is 0 Å². The lowest BCUT2D eigenvalue weighted by Crippen LogP contribution is -2.61. The van der Waals surface area contributed by atoms with Gasteiger partial charge in [-0.1, -0.05) is 46.8 Å². The minimum atomic E-state index is -0.969. The van der Waals surface area contributed by atoms with E-state index in [-0.39, 0.29) is 42.4 Å². The van der Waals surface area contributed by atoms with Crippen LogP contribution in [0.2, 0.25) is 0 Å². The molecule has 12 heteroatoms. The van der Waals surface area contributed by atoms with E-state index >= 15 is 0 Å². The summed E-state index contributed by atoms with van der Waals surface area (Å²) in [6, 6.07) is 12.2. The monoisotopic (exact) mass is 804 g/mol. The van der Waals surface area contributed by atoms with Crippen LogP contribution in [0.5, 0.6) is 5.75 Å². The average molecular weight is 805 g/mol. The number of aromatic hydroxyl groups is 1. The number of benzene rings is 2. The number of aromatic nitrogens is 2. The second-order valence-corrected chi connectivity index (χ2v) is 17.5. The van der Waals surface area contributed by atoms with Gasteiger partial charge in [0.05, 0.1) is 18.8 Å². The summed E-state index contributed by atoms with van der Waals surface area (Å²) in [5.41, 5.74) is 10.7. The smallest absolute Gasteiger partial charge is 0.324 e. The molecule has 4 aromatic rings. The van der Waals surface area contributed by atoms with E-state index in [2.05, 4.69) is 77.2 Å². The predicted octanol–water partition coefficient (Wildman–Crippen LogP) is 7.18. The molecule has 7 rings (SSSR count). The highest BCUT2D eigenvalue weighted by molar-refractivity contribution is 5.95. The van der Waals surface area contributed by atoms with Gasteiger partial charge in [-0.3, -0.25) is 29.4 Å². The molecule has 2 aromatic heterocycles. The number of cyclic esters (lactones) is 1. The third-order valence-electron chi connectivity index (χ3n) is 12.1. The van der Waals surface area contributed by atoms with Gasteiger partial charge >= 0.3 is 5.97 Å². The van der Waals surface area contributed by atoms with Crippen molar-refractivity contribution in [2.45, 2.75) is 112 Å². The standard InChI is InChI=1S/C47H60N6O6/c1-7-31-16-17-48-27-38(31)43-37-26-47(5,6)28-59-46(57)39-12-10-19-53(51-39)45(56)40(50-44(55)35(29(3)4)11-9-13-42-49-18-20-58-42)23-30-21-33(24-34(54)22-30)32-14-15-41(36(37)25-32)52(43)8-2/h14-17,21-22,24-25,27,29,35,39-40,51,54H,7-13,18-20,23,26,28H2,1-6H3,(H,50,55)/t35-,39-,40-/m0/s1. The summed E-state index contributed by atoms with van der Waals surface area (Å²) in [5, 5.41) is 16.9. The van der Waals surface area contributed by atoms with Crippen LogP contribution in [0.3, 0.4) is 0 Å². The highest BCUT2D eigenvalue weighted by atomic mass is 16.5. The molecule has 59 heavy (non-hydrogen) atoms. The Bertz CT molecular complexity index is 2230. The molecule has 314 valence electrons. The number of ether oxygens (including phenoxy) is 2. The molecule has 0 aliphatic carbocycles. The molecule has 12 nitrogen and oxygen atoms in total. The first-order valence-corrected chi connectivity index (χ1v) is 21.5. The quantitative estimate of drug-likeness (QED) is 0.143. The number of hydrogen-bond donors (Lipinski definition) is 3. The van der Waals surface area contributed by atoms with Gasteiger partial charge in [0.15, 0.2) is 5.90 Å². The summed E-state index contributed by atoms with van der Waals surface area (Å²) in [5.74, 6) is -0.494. The van der Waals surface area contributed by atoms with Crippen LogP contribution in [0.1, 0.15) is 90.3 Å². The van der Waals surface area contributed by atoms with Gasteiger partial charge in [-0.15, -0.1) is 0 Å². The molecule has 1 saturated heterocycles. The summed E-state index contributed by atoms with van der Waals surface area (Å²) < 4.78 is 14.0. The molecule has 3 atom stereocenters. The zero-order valence-corrected chi connectivity index (χ0v) is 35.5. The normalized spacial score (nSPS) is 20.2. The van der Waals surface area contributed by atoms with Crippen LogP contribution in [0.4, 0.5) is 0 Å². The van der Waals surface area contributed by atoms with Crippen LogP contribution < -0.4 is 10.7 Å². The topological polar surface area (TPSA) is 147 Å². The molecule has 0 spiro atoms. The maximum atomic E-state index is 14.5. The molecular formula is C47H60N6O6. The van der Waals surface area contributed by atoms with Crippen LogP contribution in [0.15, 0.2) is 59.9 Å². The lowest BCUT2D eigenvalue weighted by atomic mass is 9.84. The van der Waals surface area contributed by atoms with Crippen LogP contribution in [0.25, 0.3) is 33.3 Å². The summed E-state index contributed by atoms with van der Waals surface area (Å²) in [6.07, 6.45) is 8.51. The highest BCUT2D eigenvalue weighted by Gasteiger charge is 2.36.